The van der Waals surface area contributed by atoms with E-state index >= 15 is 0 Å². The van der Waals surface area contributed by atoms with E-state index in [0.29, 0.717) is 42.5 Å². The molecule has 1 saturated heterocycles. The standard InChI is InChI=1S/C32H39N5O4S/c1-24-7-6-10-30(31(24)34-21-25-8-4-3-5-9-25)42(39,40)35-28-13-11-26(12-14-28)32(38)37-19-17-36(18-20-37)23-27-22-33-16-15-29(27)41-2/h6-7,10-16,21-22,25,35H,3-5,8-9,17-20,23H2,1-2H3/b34-21-. The zero-order valence-corrected chi connectivity index (χ0v) is 25.1. The molecular weight excluding hydrogens is 550 g/mol. The van der Waals surface area contributed by atoms with Gasteiger partial charge in [-0.15, -0.1) is 0 Å². The van der Waals surface area contributed by atoms with Crippen molar-refractivity contribution in [3.05, 3.63) is 77.6 Å². The summed E-state index contributed by atoms with van der Waals surface area (Å²) in [6.07, 6.45) is 11.3. The maximum Gasteiger partial charge on any atom is 0.264 e. The predicted octanol–water partition coefficient (Wildman–Crippen LogP) is 5.44. The second kappa shape index (κ2) is 13.5. The first-order valence-corrected chi connectivity index (χ1v) is 16.1. The lowest BCUT2D eigenvalue weighted by Crippen LogP contribution is -2.48. The van der Waals surface area contributed by atoms with E-state index in [4.69, 9.17) is 4.74 Å². The number of amides is 1. The van der Waals surface area contributed by atoms with Gasteiger partial charge < -0.3 is 9.64 Å². The number of carbonyl (C=O) groups excluding carboxylic acids is 1. The van der Waals surface area contributed by atoms with Crippen LogP contribution in [0.25, 0.3) is 0 Å². The first-order chi connectivity index (χ1) is 20.3. The minimum absolute atomic E-state index is 0.0685. The van der Waals surface area contributed by atoms with Crippen molar-refractivity contribution in [2.24, 2.45) is 10.9 Å². The van der Waals surface area contributed by atoms with Crippen LogP contribution >= 0.6 is 0 Å². The SMILES string of the molecule is COc1ccncc1CN1CCN(C(=O)c2ccc(NS(=O)(=O)c3cccc(C)c3/N=C\C3CCCCC3)cc2)CC1. The average Bonchev–Trinajstić information content (AvgIpc) is 3.01. The first-order valence-electron chi connectivity index (χ1n) is 14.6. The smallest absolute Gasteiger partial charge is 0.264 e. The quantitative estimate of drug-likeness (QED) is 0.334. The van der Waals surface area contributed by atoms with Crippen LogP contribution in [0.2, 0.25) is 0 Å². The zero-order chi connectivity index (χ0) is 29.5. The summed E-state index contributed by atoms with van der Waals surface area (Å²) in [5.41, 5.74) is 3.22. The molecule has 0 bridgehead atoms. The molecule has 0 radical (unpaired) electrons. The van der Waals surface area contributed by atoms with Gasteiger partial charge in [-0.25, -0.2) is 8.42 Å². The molecule has 0 spiro atoms. The van der Waals surface area contributed by atoms with Gasteiger partial charge in [0, 0.05) is 68.1 Å². The highest BCUT2D eigenvalue weighted by molar-refractivity contribution is 7.92. The topological polar surface area (TPSA) is 104 Å². The molecule has 2 heterocycles. The summed E-state index contributed by atoms with van der Waals surface area (Å²) in [4.78, 5) is 26.3. The molecule has 10 heteroatoms. The number of sulfonamides is 1. The molecule has 1 amide bonds. The van der Waals surface area contributed by atoms with Gasteiger partial charge in [-0.1, -0.05) is 31.4 Å². The Balaban J connectivity index is 1.21. The number of piperazine rings is 1. The molecule has 0 unspecified atom stereocenters. The largest absolute Gasteiger partial charge is 0.496 e. The van der Waals surface area contributed by atoms with E-state index in [9.17, 15) is 13.2 Å². The van der Waals surface area contributed by atoms with Crippen molar-refractivity contribution in [1.82, 2.24) is 14.8 Å². The molecule has 1 aromatic heterocycles. The third-order valence-electron chi connectivity index (χ3n) is 8.07. The lowest BCUT2D eigenvalue weighted by atomic mass is 9.90. The van der Waals surface area contributed by atoms with Crippen molar-refractivity contribution in [3.8, 4) is 5.75 Å². The van der Waals surface area contributed by atoms with Crippen LogP contribution < -0.4 is 9.46 Å². The van der Waals surface area contributed by atoms with Gasteiger partial charge in [0.15, 0.2) is 0 Å². The maximum absolute atomic E-state index is 13.4. The number of methoxy groups -OCH3 is 1. The molecule has 9 nitrogen and oxygen atoms in total. The fourth-order valence-electron chi connectivity index (χ4n) is 5.63. The Labute approximate surface area is 248 Å². The summed E-state index contributed by atoms with van der Waals surface area (Å²) in [6.45, 7) is 5.28. The Kier molecular flexibility index (Phi) is 9.54. The lowest BCUT2D eigenvalue weighted by Gasteiger charge is -2.35. The van der Waals surface area contributed by atoms with Gasteiger partial charge in [0.05, 0.1) is 12.8 Å². The number of pyridine rings is 1. The molecule has 5 rings (SSSR count). The minimum Gasteiger partial charge on any atom is -0.496 e. The number of hydrogen-bond donors (Lipinski definition) is 1. The summed E-state index contributed by atoms with van der Waals surface area (Å²) in [6, 6.07) is 13.7. The van der Waals surface area contributed by atoms with Crippen LogP contribution in [0.15, 0.2) is 70.8 Å². The van der Waals surface area contributed by atoms with Crippen LogP contribution in [-0.4, -0.2) is 68.6 Å². The molecular formula is C32H39N5O4S. The van der Waals surface area contributed by atoms with Crippen molar-refractivity contribution >= 4 is 33.5 Å². The number of anilines is 1. The number of carbonyl (C=O) groups is 1. The van der Waals surface area contributed by atoms with E-state index in [1.54, 1.807) is 49.7 Å². The van der Waals surface area contributed by atoms with Gasteiger partial charge in [0.25, 0.3) is 15.9 Å². The zero-order valence-electron chi connectivity index (χ0n) is 24.3. The lowest BCUT2D eigenvalue weighted by molar-refractivity contribution is 0.0627. The molecule has 2 aliphatic rings. The third kappa shape index (κ3) is 7.17. The van der Waals surface area contributed by atoms with Gasteiger partial charge in [-0.3, -0.25) is 24.4 Å². The minimum atomic E-state index is -3.89. The Morgan fingerprint density at radius 2 is 1.79 bits per heavy atom. The van der Waals surface area contributed by atoms with E-state index in [-0.39, 0.29) is 10.8 Å². The summed E-state index contributed by atoms with van der Waals surface area (Å²) in [5.74, 6) is 1.13. The van der Waals surface area contributed by atoms with Crippen molar-refractivity contribution in [2.45, 2.75) is 50.5 Å². The Morgan fingerprint density at radius 1 is 1.05 bits per heavy atom. The average molecular weight is 590 g/mol. The number of benzene rings is 2. The van der Waals surface area contributed by atoms with Crippen molar-refractivity contribution in [3.63, 3.8) is 0 Å². The number of aliphatic imine (C=N–C) groups is 1. The van der Waals surface area contributed by atoms with Gasteiger partial charge in [-0.05, 0) is 67.6 Å². The van der Waals surface area contributed by atoms with Crippen LogP contribution in [-0.2, 0) is 16.6 Å². The summed E-state index contributed by atoms with van der Waals surface area (Å²) in [7, 11) is -2.24. The van der Waals surface area contributed by atoms with Crippen LogP contribution in [0, 0.1) is 12.8 Å². The van der Waals surface area contributed by atoms with Gasteiger partial charge >= 0.3 is 0 Å². The van der Waals surface area contributed by atoms with E-state index in [1.165, 1.54) is 19.3 Å². The Hall–Kier alpha value is -3.76. The van der Waals surface area contributed by atoms with E-state index in [1.807, 2.05) is 36.4 Å². The first kappa shape index (κ1) is 29.7. The van der Waals surface area contributed by atoms with Crippen LogP contribution in [0.1, 0.15) is 53.6 Å². The highest BCUT2D eigenvalue weighted by Crippen LogP contribution is 2.31. The number of nitrogens with zero attached hydrogens (tertiary/aromatic N) is 4. The highest BCUT2D eigenvalue weighted by atomic mass is 32.2. The molecule has 1 saturated carbocycles. The van der Waals surface area contributed by atoms with Gasteiger partial charge in [-0.2, -0.15) is 0 Å². The molecule has 2 fully saturated rings. The predicted molar refractivity (Wildman–Crippen MR) is 165 cm³/mol. The van der Waals surface area contributed by atoms with Gasteiger partial charge in [0.1, 0.15) is 10.6 Å². The second-order valence-electron chi connectivity index (χ2n) is 11.0. The highest BCUT2D eigenvalue weighted by Gasteiger charge is 2.24. The third-order valence-corrected chi connectivity index (χ3v) is 9.48. The molecule has 222 valence electrons. The number of nitrogens with one attached hydrogen (secondary N) is 1. The van der Waals surface area contributed by atoms with E-state index in [0.717, 1.165) is 42.8 Å². The van der Waals surface area contributed by atoms with Crippen molar-refractivity contribution in [2.75, 3.05) is 38.0 Å². The fourth-order valence-corrected chi connectivity index (χ4v) is 6.92. The molecule has 1 aliphatic carbocycles. The number of aryl methyl sites for hydroxylation is 1. The van der Waals surface area contributed by atoms with Crippen LogP contribution in [0.4, 0.5) is 11.4 Å². The number of hydrogen-bond acceptors (Lipinski definition) is 7. The second-order valence-corrected chi connectivity index (χ2v) is 12.7. The number of aromatic nitrogens is 1. The molecule has 3 aromatic rings. The molecule has 42 heavy (non-hydrogen) atoms. The van der Waals surface area contributed by atoms with Gasteiger partial charge in [0.2, 0.25) is 0 Å². The van der Waals surface area contributed by atoms with E-state index in [2.05, 4.69) is 19.6 Å². The molecule has 2 aromatic carbocycles. The Bertz CT molecular complexity index is 1510. The Morgan fingerprint density at radius 3 is 2.50 bits per heavy atom. The molecule has 1 N–H and O–H groups in total. The number of ether oxygens (including phenoxy) is 1. The summed E-state index contributed by atoms with van der Waals surface area (Å²) >= 11 is 0. The normalized spacial score (nSPS) is 17.0. The van der Waals surface area contributed by atoms with Crippen LogP contribution in [0.5, 0.6) is 5.75 Å². The summed E-state index contributed by atoms with van der Waals surface area (Å²) < 4.78 is 34.9. The van der Waals surface area contributed by atoms with Crippen molar-refractivity contribution < 1.29 is 17.9 Å². The van der Waals surface area contributed by atoms with E-state index < -0.39 is 10.0 Å². The summed E-state index contributed by atoms with van der Waals surface area (Å²) in [5, 5.41) is 0. The van der Waals surface area contributed by atoms with Crippen molar-refractivity contribution in [1.29, 1.82) is 0 Å². The number of rotatable bonds is 9. The maximum atomic E-state index is 13.4. The number of para-hydroxylation sites is 1. The fraction of sp³-hybridized carbons (Fsp3) is 0.406. The monoisotopic (exact) mass is 589 g/mol. The molecule has 1 aliphatic heterocycles. The van der Waals surface area contributed by atoms with Crippen LogP contribution in [0.3, 0.4) is 0 Å². The molecule has 0 atom stereocenters.